The monoisotopic (exact) mass is 469 g/mol. The van der Waals surface area contributed by atoms with Crippen molar-refractivity contribution < 1.29 is 9.53 Å². The number of aryl methyl sites for hydroxylation is 2. The molecule has 178 valence electrons. The van der Waals surface area contributed by atoms with Crippen molar-refractivity contribution in [2.45, 2.75) is 25.7 Å². The van der Waals surface area contributed by atoms with Gasteiger partial charge >= 0.3 is 0 Å². The van der Waals surface area contributed by atoms with Crippen LogP contribution in [0.1, 0.15) is 33.5 Å². The number of anilines is 1. The molecule has 0 radical (unpaired) electrons. The molecule has 0 fully saturated rings. The molecule has 1 aliphatic carbocycles. The number of rotatable bonds is 7. The van der Waals surface area contributed by atoms with E-state index >= 15 is 0 Å². The average molecular weight is 470 g/mol. The average Bonchev–Trinajstić information content (AvgIpc) is 3.37. The summed E-state index contributed by atoms with van der Waals surface area (Å²) in [5.41, 5.74) is 4.80. The number of ether oxygens (including phenoxy) is 1. The second-order valence-corrected chi connectivity index (χ2v) is 8.58. The summed E-state index contributed by atoms with van der Waals surface area (Å²) in [6, 6.07) is 14.2. The van der Waals surface area contributed by atoms with Crippen molar-refractivity contribution in [1.29, 1.82) is 0 Å². The zero-order chi connectivity index (χ0) is 24.4. The van der Waals surface area contributed by atoms with E-state index in [2.05, 4.69) is 32.7 Å². The second kappa shape index (κ2) is 9.58. The van der Waals surface area contributed by atoms with E-state index in [0.717, 1.165) is 42.7 Å². The SMILES string of the molecule is CNC(=O)c1cn(-c2ccc3c(c2)CCC3)c2nc(NCCc3ccc(OC)cc3)ncc2c1=O. The van der Waals surface area contributed by atoms with Crippen LogP contribution in [0.4, 0.5) is 5.95 Å². The number of aromatic nitrogens is 3. The summed E-state index contributed by atoms with van der Waals surface area (Å²) in [5.74, 6) is 0.807. The van der Waals surface area contributed by atoms with Gasteiger partial charge in [0.05, 0.1) is 12.5 Å². The normalized spacial score (nSPS) is 12.4. The summed E-state index contributed by atoms with van der Waals surface area (Å²) in [5, 5.41) is 6.11. The van der Waals surface area contributed by atoms with Gasteiger partial charge < -0.3 is 19.9 Å². The first-order valence-corrected chi connectivity index (χ1v) is 11.7. The van der Waals surface area contributed by atoms with Crippen LogP contribution in [0.25, 0.3) is 16.7 Å². The molecule has 8 nitrogen and oxygen atoms in total. The van der Waals surface area contributed by atoms with E-state index < -0.39 is 5.91 Å². The minimum absolute atomic E-state index is 0.0595. The molecule has 2 N–H and O–H groups in total. The summed E-state index contributed by atoms with van der Waals surface area (Å²) < 4.78 is 7.02. The Labute approximate surface area is 203 Å². The number of carbonyl (C=O) groups excluding carboxylic acids is 1. The standard InChI is InChI=1S/C27H27N5O3/c1-28-26(34)23-16-32(20-9-8-18-4-3-5-19(18)14-20)25-22(24(23)33)15-30-27(31-25)29-13-12-17-6-10-21(35-2)11-7-17/h6-11,14-16H,3-5,12-13H2,1-2H3,(H,28,34)(H,29,30,31). The predicted molar refractivity (Wildman–Crippen MR) is 136 cm³/mol. The fourth-order valence-electron chi connectivity index (χ4n) is 4.51. The van der Waals surface area contributed by atoms with E-state index in [4.69, 9.17) is 4.74 Å². The van der Waals surface area contributed by atoms with Crippen LogP contribution in [0.2, 0.25) is 0 Å². The highest BCUT2D eigenvalue weighted by molar-refractivity contribution is 5.97. The van der Waals surface area contributed by atoms with Gasteiger partial charge in [-0.15, -0.1) is 0 Å². The smallest absolute Gasteiger partial charge is 0.256 e. The molecule has 0 saturated carbocycles. The second-order valence-electron chi connectivity index (χ2n) is 8.58. The third kappa shape index (κ3) is 4.47. The summed E-state index contributed by atoms with van der Waals surface area (Å²) in [6.45, 7) is 0.622. The molecule has 0 aliphatic heterocycles. The number of carbonyl (C=O) groups is 1. The van der Waals surface area contributed by atoms with E-state index in [0.29, 0.717) is 23.5 Å². The zero-order valence-corrected chi connectivity index (χ0v) is 19.8. The molecule has 8 heteroatoms. The van der Waals surface area contributed by atoms with Crippen molar-refractivity contribution in [3.05, 3.63) is 87.3 Å². The number of benzene rings is 2. The number of hydrogen-bond acceptors (Lipinski definition) is 6. The molecule has 5 rings (SSSR count). The van der Waals surface area contributed by atoms with Crippen molar-refractivity contribution in [1.82, 2.24) is 19.9 Å². The van der Waals surface area contributed by atoms with Gasteiger partial charge in [-0.25, -0.2) is 4.98 Å². The maximum atomic E-state index is 13.1. The summed E-state index contributed by atoms with van der Waals surface area (Å²) in [4.78, 5) is 34.6. The maximum Gasteiger partial charge on any atom is 0.256 e. The number of nitrogens with zero attached hydrogens (tertiary/aromatic N) is 3. The molecule has 2 heterocycles. The van der Waals surface area contributed by atoms with Gasteiger partial charge in [0.2, 0.25) is 11.4 Å². The number of pyridine rings is 1. The highest BCUT2D eigenvalue weighted by Gasteiger charge is 2.19. The number of nitrogens with one attached hydrogen (secondary N) is 2. The van der Waals surface area contributed by atoms with Crippen molar-refractivity contribution >= 4 is 22.9 Å². The van der Waals surface area contributed by atoms with E-state index in [-0.39, 0.29) is 11.0 Å². The molecule has 2 aromatic heterocycles. The van der Waals surface area contributed by atoms with Crippen molar-refractivity contribution in [2.24, 2.45) is 0 Å². The minimum Gasteiger partial charge on any atom is -0.497 e. The fraction of sp³-hybridized carbons (Fsp3) is 0.259. The highest BCUT2D eigenvalue weighted by Crippen LogP contribution is 2.26. The Hall–Kier alpha value is -4.20. The van der Waals surface area contributed by atoms with Crippen LogP contribution in [0.15, 0.2) is 59.7 Å². The lowest BCUT2D eigenvalue weighted by Crippen LogP contribution is -2.27. The van der Waals surface area contributed by atoms with Crippen LogP contribution in [-0.4, -0.2) is 41.1 Å². The van der Waals surface area contributed by atoms with E-state index in [1.807, 2.05) is 34.9 Å². The van der Waals surface area contributed by atoms with E-state index in [9.17, 15) is 9.59 Å². The quantitative estimate of drug-likeness (QED) is 0.431. The summed E-state index contributed by atoms with van der Waals surface area (Å²) in [7, 11) is 3.16. The minimum atomic E-state index is -0.437. The Morgan fingerprint density at radius 1 is 1.11 bits per heavy atom. The van der Waals surface area contributed by atoms with Gasteiger partial charge in [0.1, 0.15) is 11.3 Å². The van der Waals surface area contributed by atoms with Gasteiger partial charge in [-0.05, 0) is 66.6 Å². The van der Waals surface area contributed by atoms with Crippen LogP contribution >= 0.6 is 0 Å². The van der Waals surface area contributed by atoms with Crippen LogP contribution in [-0.2, 0) is 19.3 Å². The molecule has 4 aromatic rings. The van der Waals surface area contributed by atoms with Gasteiger partial charge in [0.25, 0.3) is 5.91 Å². The molecular formula is C27H27N5O3. The molecule has 0 unspecified atom stereocenters. The van der Waals surface area contributed by atoms with Gasteiger partial charge in [0.15, 0.2) is 5.65 Å². The maximum absolute atomic E-state index is 13.1. The van der Waals surface area contributed by atoms with Gasteiger partial charge in [-0.3, -0.25) is 9.59 Å². The first kappa shape index (κ1) is 22.6. The third-order valence-electron chi connectivity index (χ3n) is 6.43. The van der Waals surface area contributed by atoms with Crippen molar-refractivity contribution in [3.63, 3.8) is 0 Å². The third-order valence-corrected chi connectivity index (χ3v) is 6.43. The molecular weight excluding hydrogens is 442 g/mol. The molecule has 1 amide bonds. The van der Waals surface area contributed by atoms with Crippen LogP contribution in [0.3, 0.4) is 0 Å². The van der Waals surface area contributed by atoms with Crippen molar-refractivity contribution in [2.75, 3.05) is 26.0 Å². The summed E-state index contributed by atoms with van der Waals surface area (Å²) in [6.07, 6.45) is 7.09. The topological polar surface area (TPSA) is 98.1 Å². The summed E-state index contributed by atoms with van der Waals surface area (Å²) >= 11 is 0. The van der Waals surface area contributed by atoms with Gasteiger partial charge in [-0.1, -0.05) is 18.2 Å². The van der Waals surface area contributed by atoms with Crippen LogP contribution in [0, 0.1) is 0 Å². The Kier molecular flexibility index (Phi) is 6.18. The predicted octanol–water partition coefficient (Wildman–Crippen LogP) is 3.29. The van der Waals surface area contributed by atoms with Crippen LogP contribution < -0.4 is 20.8 Å². The zero-order valence-electron chi connectivity index (χ0n) is 19.8. The van der Waals surface area contributed by atoms with Gasteiger partial charge in [-0.2, -0.15) is 4.98 Å². The molecule has 2 aromatic carbocycles. The number of fused-ring (bicyclic) bond motifs is 2. The molecule has 0 spiro atoms. The Balaban J connectivity index is 1.50. The number of hydrogen-bond donors (Lipinski definition) is 2. The molecule has 0 atom stereocenters. The Morgan fingerprint density at radius 3 is 2.69 bits per heavy atom. The Morgan fingerprint density at radius 2 is 1.91 bits per heavy atom. The fourth-order valence-corrected chi connectivity index (χ4v) is 4.51. The largest absolute Gasteiger partial charge is 0.497 e. The molecule has 0 bridgehead atoms. The first-order chi connectivity index (χ1) is 17.1. The van der Waals surface area contributed by atoms with Gasteiger partial charge in [0, 0.05) is 31.7 Å². The van der Waals surface area contributed by atoms with E-state index in [1.165, 1.54) is 24.4 Å². The molecule has 1 aliphatic rings. The number of methoxy groups -OCH3 is 1. The molecule has 0 saturated heterocycles. The highest BCUT2D eigenvalue weighted by atomic mass is 16.5. The Bertz CT molecular complexity index is 1460. The first-order valence-electron chi connectivity index (χ1n) is 11.7. The lowest BCUT2D eigenvalue weighted by molar-refractivity contribution is 0.0961. The lowest BCUT2D eigenvalue weighted by atomic mass is 10.1. The van der Waals surface area contributed by atoms with Crippen LogP contribution in [0.5, 0.6) is 5.75 Å². The molecule has 35 heavy (non-hydrogen) atoms. The number of amides is 1. The van der Waals surface area contributed by atoms with Crippen molar-refractivity contribution in [3.8, 4) is 11.4 Å². The van der Waals surface area contributed by atoms with E-state index in [1.54, 1.807) is 13.3 Å². The lowest BCUT2D eigenvalue weighted by Gasteiger charge is -2.14.